The quantitative estimate of drug-likeness (QED) is 0.746. The Bertz CT molecular complexity index is 343. The van der Waals surface area contributed by atoms with E-state index in [2.05, 4.69) is 4.90 Å². The summed E-state index contributed by atoms with van der Waals surface area (Å²) in [5.41, 5.74) is 10.8. The van der Waals surface area contributed by atoms with Gasteiger partial charge in [0, 0.05) is 25.7 Å². The normalized spacial score (nSPS) is 23.9. The zero-order valence-corrected chi connectivity index (χ0v) is 13.1. The van der Waals surface area contributed by atoms with E-state index in [1.807, 2.05) is 0 Å². The summed E-state index contributed by atoms with van der Waals surface area (Å²) in [7, 11) is 0. The molecule has 8 heteroatoms. The molecule has 2 unspecified atom stereocenters. The summed E-state index contributed by atoms with van der Waals surface area (Å²) in [5.74, 6) is -0.661. The topological polar surface area (TPSA) is 92.7 Å². The second-order valence-electron chi connectivity index (χ2n) is 5.25. The molecule has 0 saturated carbocycles. The van der Waals surface area contributed by atoms with Crippen molar-refractivity contribution < 1.29 is 9.59 Å². The van der Waals surface area contributed by atoms with E-state index < -0.39 is 11.9 Å². The smallest absolute Gasteiger partial charge is 0.240 e. The van der Waals surface area contributed by atoms with Crippen molar-refractivity contribution in [2.75, 3.05) is 26.2 Å². The van der Waals surface area contributed by atoms with Crippen LogP contribution in [0.4, 0.5) is 0 Å². The lowest BCUT2D eigenvalue weighted by Crippen LogP contribution is -2.58. The highest BCUT2D eigenvalue weighted by atomic mass is 35.5. The van der Waals surface area contributed by atoms with Crippen LogP contribution in [-0.4, -0.2) is 59.9 Å². The maximum absolute atomic E-state index is 12.1. The van der Waals surface area contributed by atoms with Crippen molar-refractivity contribution in [2.45, 2.75) is 37.8 Å². The number of carbonyl (C=O) groups excluding carboxylic acids is 2. The fourth-order valence-electron chi connectivity index (χ4n) is 2.89. The van der Waals surface area contributed by atoms with E-state index in [0.717, 1.165) is 26.1 Å². The van der Waals surface area contributed by atoms with Crippen LogP contribution in [0, 0.1) is 0 Å². The van der Waals surface area contributed by atoms with Crippen LogP contribution in [0.1, 0.15) is 25.7 Å². The average molecular weight is 327 g/mol. The van der Waals surface area contributed by atoms with E-state index in [0.29, 0.717) is 12.6 Å². The summed E-state index contributed by atoms with van der Waals surface area (Å²) in [6.07, 6.45) is 3.57. The summed E-state index contributed by atoms with van der Waals surface area (Å²) in [5, 5.41) is 0. The van der Waals surface area contributed by atoms with Gasteiger partial charge in [-0.1, -0.05) is 6.42 Å². The molecule has 118 valence electrons. The number of halogens is 2. The highest BCUT2D eigenvalue weighted by molar-refractivity contribution is 5.87. The predicted molar refractivity (Wildman–Crippen MR) is 82.1 cm³/mol. The molecule has 20 heavy (non-hydrogen) atoms. The summed E-state index contributed by atoms with van der Waals surface area (Å²) in [4.78, 5) is 27.1. The average Bonchev–Trinajstić information content (AvgIpc) is 2.36. The molecule has 0 radical (unpaired) electrons. The van der Waals surface area contributed by atoms with Crippen LogP contribution in [0.5, 0.6) is 0 Å². The minimum Gasteiger partial charge on any atom is -0.370 e. The Morgan fingerprint density at radius 2 is 1.85 bits per heavy atom. The van der Waals surface area contributed by atoms with Crippen LogP contribution in [0.25, 0.3) is 0 Å². The molecule has 4 N–H and O–H groups in total. The molecule has 2 saturated heterocycles. The Hall–Kier alpha value is -0.560. The van der Waals surface area contributed by atoms with Crippen molar-refractivity contribution in [3.05, 3.63) is 0 Å². The van der Waals surface area contributed by atoms with Crippen LogP contribution >= 0.6 is 24.8 Å². The van der Waals surface area contributed by atoms with Gasteiger partial charge in [-0.3, -0.25) is 14.5 Å². The van der Waals surface area contributed by atoms with Gasteiger partial charge < -0.3 is 16.4 Å². The number of nitrogens with zero attached hydrogens (tertiary/aromatic N) is 2. The molecule has 2 atom stereocenters. The van der Waals surface area contributed by atoms with E-state index in [-0.39, 0.29) is 37.1 Å². The van der Waals surface area contributed by atoms with Crippen LogP contribution < -0.4 is 11.5 Å². The van der Waals surface area contributed by atoms with Gasteiger partial charge in [0.25, 0.3) is 0 Å². The van der Waals surface area contributed by atoms with Gasteiger partial charge >= 0.3 is 0 Å². The van der Waals surface area contributed by atoms with Crippen molar-refractivity contribution >= 4 is 36.6 Å². The van der Waals surface area contributed by atoms with E-state index >= 15 is 0 Å². The Balaban J connectivity index is 0.00000180. The number of hydrogen-bond acceptors (Lipinski definition) is 4. The van der Waals surface area contributed by atoms with Gasteiger partial charge in [-0.15, -0.1) is 24.8 Å². The van der Waals surface area contributed by atoms with Gasteiger partial charge in [0.15, 0.2) is 0 Å². The lowest BCUT2D eigenvalue weighted by Gasteiger charge is -2.44. The molecule has 2 heterocycles. The molecular weight excluding hydrogens is 303 g/mol. The predicted octanol–water partition coefficient (Wildman–Crippen LogP) is -0.271. The maximum Gasteiger partial charge on any atom is 0.240 e. The number of piperidine rings is 1. The third kappa shape index (κ3) is 4.77. The van der Waals surface area contributed by atoms with E-state index in [1.165, 1.54) is 12.8 Å². The molecule has 2 aliphatic rings. The highest BCUT2D eigenvalue weighted by Gasteiger charge is 2.32. The van der Waals surface area contributed by atoms with E-state index in [9.17, 15) is 9.59 Å². The first-order valence-corrected chi connectivity index (χ1v) is 6.64. The summed E-state index contributed by atoms with van der Waals surface area (Å²) in [6, 6.07) is -0.310. The molecule has 0 aromatic rings. The molecule has 0 aliphatic carbocycles. The van der Waals surface area contributed by atoms with E-state index in [1.54, 1.807) is 4.90 Å². The van der Waals surface area contributed by atoms with Crippen molar-refractivity contribution in [3.63, 3.8) is 0 Å². The van der Waals surface area contributed by atoms with Crippen LogP contribution in [-0.2, 0) is 9.59 Å². The standard InChI is InChI=1S/C12H22N4O2.2ClH/c13-10(7-11(14)17)12(18)16-6-5-15-4-2-1-3-9(15)8-16;;/h9-10H,1-8,13H2,(H2,14,17);2*1H. The zero-order chi connectivity index (χ0) is 13.1. The fraction of sp³-hybridized carbons (Fsp3) is 0.833. The number of primary amides is 1. The molecular formula is C12H24Cl2N4O2. The Labute approximate surface area is 132 Å². The third-order valence-electron chi connectivity index (χ3n) is 3.89. The van der Waals surface area contributed by atoms with E-state index in [4.69, 9.17) is 11.5 Å². The van der Waals surface area contributed by atoms with Gasteiger partial charge in [0.05, 0.1) is 12.5 Å². The molecule has 0 bridgehead atoms. The molecule has 2 aliphatic heterocycles. The van der Waals surface area contributed by atoms with Crippen molar-refractivity contribution in [1.82, 2.24) is 9.80 Å². The van der Waals surface area contributed by atoms with Gasteiger partial charge in [-0.25, -0.2) is 0 Å². The molecule has 2 rings (SSSR count). The van der Waals surface area contributed by atoms with Crippen LogP contribution in [0.3, 0.4) is 0 Å². The minimum absolute atomic E-state index is 0. The monoisotopic (exact) mass is 326 g/mol. The third-order valence-corrected chi connectivity index (χ3v) is 3.89. The van der Waals surface area contributed by atoms with Crippen LogP contribution in [0.2, 0.25) is 0 Å². The molecule has 0 aromatic carbocycles. The maximum atomic E-state index is 12.1. The first-order chi connectivity index (χ1) is 8.58. The van der Waals surface area contributed by atoms with Gasteiger partial charge in [-0.05, 0) is 19.4 Å². The highest BCUT2D eigenvalue weighted by Crippen LogP contribution is 2.21. The lowest BCUT2D eigenvalue weighted by molar-refractivity contribution is -0.137. The SMILES string of the molecule is Cl.Cl.NC(=O)CC(N)C(=O)N1CCN2CCCCC2C1. The number of fused-ring (bicyclic) bond motifs is 1. The summed E-state index contributed by atoms with van der Waals surface area (Å²) in [6.45, 7) is 3.51. The minimum atomic E-state index is -0.780. The zero-order valence-electron chi connectivity index (χ0n) is 11.5. The Morgan fingerprint density at radius 1 is 1.15 bits per heavy atom. The van der Waals surface area contributed by atoms with Crippen molar-refractivity contribution in [2.24, 2.45) is 11.5 Å². The second kappa shape index (κ2) is 8.67. The van der Waals surface area contributed by atoms with Crippen LogP contribution in [0.15, 0.2) is 0 Å². The van der Waals surface area contributed by atoms with Gasteiger partial charge in [0.2, 0.25) is 11.8 Å². The molecule has 0 aromatic heterocycles. The number of nitrogens with two attached hydrogens (primary N) is 2. The lowest BCUT2D eigenvalue weighted by atomic mass is 9.99. The van der Waals surface area contributed by atoms with Gasteiger partial charge in [-0.2, -0.15) is 0 Å². The van der Waals surface area contributed by atoms with Crippen molar-refractivity contribution in [1.29, 1.82) is 0 Å². The molecule has 2 fully saturated rings. The molecule has 6 nitrogen and oxygen atoms in total. The Morgan fingerprint density at radius 3 is 2.50 bits per heavy atom. The summed E-state index contributed by atoms with van der Waals surface area (Å²) < 4.78 is 0. The Kier molecular flexibility index (Phi) is 8.42. The van der Waals surface area contributed by atoms with Gasteiger partial charge in [0.1, 0.15) is 0 Å². The summed E-state index contributed by atoms with van der Waals surface area (Å²) >= 11 is 0. The first-order valence-electron chi connectivity index (χ1n) is 6.64. The number of rotatable bonds is 3. The molecule has 2 amide bonds. The first kappa shape index (κ1) is 19.4. The largest absolute Gasteiger partial charge is 0.370 e. The molecule has 0 spiro atoms. The van der Waals surface area contributed by atoms with Crippen molar-refractivity contribution in [3.8, 4) is 0 Å². The number of carbonyl (C=O) groups is 2. The second-order valence-corrected chi connectivity index (χ2v) is 5.25. The fourth-order valence-corrected chi connectivity index (χ4v) is 2.89. The number of hydrogen-bond donors (Lipinski definition) is 2. The number of piperazine rings is 1. The number of amides is 2.